The monoisotopic (exact) mass is 536 g/mol. The molecule has 0 saturated carbocycles. The highest BCUT2D eigenvalue weighted by Crippen LogP contribution is 2.61. The number of hydrogen-bond donors (Lipinski definition) is 1. The van der Waals surface area contributed by atoms with Crippen molar-refractivity contribution in [2.24, 2.45) is 17.8 Å². The van der Waals surface area contributed by atoms with E-state index in [1.54, 1.807) is 19.9 Å². The second-order valence-electron chi connectivity index (χ2n) is 11.5. The Morgan fingerprint density at radius 2 is 1.30 bits per heavy atom. The molecule has 0 spiro atoms. The van der Waals surface area contributed by atoms with E-state index in [1.807, 2.05) is 74.5 Å². The molecule has 1 N–H and O–H groups in total. The summed E-state index contributed by atoms with van der Waals surface area (Å²) in [6.45, 7) is 6.97. The van der Waals surface area contributed by atoms with Crippen LogP contribution in [0.2, 0.25) is 0 Å². The number of esters is 1. The van der Waals surface area contributed by atoms with Crippen LogP contribution in [0.1, 0.15) is 59.1 Å². The van der Waals surface area contributed by atoms with Gasteiger partial charge in [0.15, 0.2) is 6.61 Å². The van der Waals surface area contributed by atoms with Gasteiger partial charge in [0.05, 0.1) is 11.8 Å². The second-order valence-corrected chi connectivity index (χ2v) is 11.5. The van der Waals surface area contributed by atoms with Crippen LogP contribution in [-0.4, -0.2) is 41.2 Å². The molecule has 3 atom stereocenters. The standard InChI is InChI=1S/C33H32N2O5/c1-17(2)30(33(39)40-16-25(36)34-20-14-13-18(3)19(4)15-20)35-31(37)28-26-21-9-5-6-10-22(21)27(29(28)32(35)38)24-12-8-7-11-23(24)26/h5-15,17,26-30H,16H2,1-4H3,(H,34,36)/t26?,27?,28-,29-,30-/m0/s1. The van der Waals surface area contributed by atoms with Crippen molar-refractivity contribution in [3.05, 3.63) is 100 Å². The van der Waals surface area contributed by atoms with Gasteiger partial charge in [-0.05, 0) is 65.3 Å². The van der Waals surface area contributed by atoms with E-state index in [0.29, 0.717) is 5.69 Å². The average Bonchev–Trinajstić information content (AvgIpc) is 3.20. The third-order valence-electron chi connectivity index (χ3n) is 8.77. The van der Waals surface area contributed by atoms with Gasteiger partial charge in [0.25, 0.3) is 5.91 Å². The van der Waals surface area contributed by atoms with Gasteiger partial charge in [-0.25, -0.2) is 4.79 Å². The number of nitrogens with zero attached hydrogens (tertiary/aromatic N) is 1. The van der Waals surface area contributed by atoms with E-state index in [4.69, 9.17) is 4.74 Å². The van der Waals surface area contributed by atoms with E-state index in [1.165, 1.54) is 0 Å². The highest BCUT2D eigenvalue weighted by atomic mass is 16.5. The minimum Gasteiger partial charge on any atom is -0.454 e. The number of ether oxygens (including phenoxy) is 1. The number of nitrogens with one attached hydrogen (secondary N) is 1. The number of carbonyl (C=O) groups excluding carboxylic acids is 4. The fourth-order valence-electron chi connectivity index (χ4n) is 6.89. The Bertz CT molecular complexity index is 1440. The second kappa shape index (κ2) is 9.73. The Morgan fingerprint density at radius 1 is 0.800 bits per heavy atom. The van der Waals surface area contributed by atoms with Crippen LogP contribution in [0, 0.1) is 31.6 Å². The van der Waals surface area contributed by atoms with Crippen LogP contribution in [0.5, 0.6) is 0 Å². The summed E-state index contributed by atoms with van der Waals surface area (Å²) in [5, 5.41) is 2.74. The van der Waals surface area contributed by atoms with Crippen LogP contribution in [0.4, 0.5) is 5.69 Å². The zero-order valence-electron chi connectivity index (χ0n) is 23.0. The van der Waals surface area contributed by atoms with Crippen molar-refractivity contribution in [2.45, 2.75) is 45.6 Å². The highest BCUT2D eigenvalue weighted by molar-refractivity contribution is 6.10. The van der Waals surface area contributed by atoms with Crippen molar-refractivity contribution in [1.29, 1.82) is 0 Å². The molecule has 0 aromatic heterocycles. The van der Waals surface area contributed by atoms with Gasteiger partial charge in [-0.15, -0.1) is 0 Å². The smallest absolute Gasteiger partial charge is 0.330 e. The predicted octanol–water partition coefficient (Wildman–Crippen LogP) is 4.70. The van der Waals surface area contributed by atoms with Gasteiger partial charge in [0.1, 0.15) is 6.04 Å². The predicted molar refractivity (Wildman–Crippen MR) is 150 cm³/mol. The van der Waals surface area contributed by atoms with E-state index in [-0.39, 0.29) is 23.7 Å². The van der Waals surface area contributed by atoms with Gasteiger partial charge in [0.2, 0.25) is 11.8 Å². The first-order valence-corrected chi connectivity index (χ1v) is 13.8. The van der Waals surface area contributed by atoms with Crippen LogP contribution in [-0.2, 0) is 23.9 Å². The van der Waals surface area contributed by atoms with Crippen LogP contribution in [0.25, 0.3) is 0 Å². The molecule has 1 aliphatic heterocycles. The van der Waals surface area contributed by atoms with Crippen LogP contribution in [0.15, 0.2) is 66.7 Å². The fraction of sp³-hybridized carbons (Fsp3) is 0.333. The van der Waals surface area contributed by atoms with Gasteiger partial charge < -0.3 is 10.1 Å². The maximum absolute atomic E-state index is 14.1. The highest BCUT2D eigenvalue weighted by Gasteiger charge is 2.63. The number of carbonyl (C=O) groups is 4. The Kier molecular flexibility index (Phi) is 6.32. The molecule has 4 aliphatic rings. The molecule has 0 unspecified atom stereocenters. The van der Waals surface area contributed by atoms with Crippen molar-refractivity contribution in [2.75, 3.05) is 11.9 Å². The van der Waals surface area contributed by atoms with Gasteiger partial charge in [0, 0.05) is 17.5 Å². The third kappa shape index (κ3) is 3.95. The number of benzene rings is 3. The SMILES string of the molecule is Cc1ccc(NC(=O)COC(=O)[C@H](C(C)C)N2C(=O)[C@H]3C4c5ccccc5C(c5ccccc54)[C@@H]3C2=O)cc1C. The first kappa shape index (κ1) is 26.0. The maximum atomic E-state index is 14.1. The molecule has 0 radical (unpaired) electrons. The van der Waals surface area contributed by atoms with Crippen molar-refractivity contribution < 1.29 is 23.9 Å². The van der Waals surface area contributed by atoms with Crippen molar-refractivity contribution in [3.63, 3.8) is 0 Å². The number of hydrogen-bond acceptors (Lipinski definition) is 5. The fourth-order valence-corrected chi connectivity index (χ4v) is 6.89. The van der Waals surface area contributed by atoms with Gasteiger partial charge in [-0.3, -0.25) is 19.3 Å². The number of imide groups is 1. The average molecular weight is 537 g/mol. The summed E-state index contributed by atoms with van der Waals surface area (Å²) >= 11 is 0. The zero-order chi connectivity index (χ0) is 28.3. The molecule has 204 valence electrons. The Balaban J connectivity index is 1.25. The Labute approximate surface area is 233 Å². The molecule has 3 aromatic carbocycles. The largest absolute Gasteiger partial charge is 0.454 e. The molecule has 1 fully saturated rings. The normalized spacial score (nSPS) is 23.0. The molecule has 7 rings (SSSR count). The summed E-state index contributed by atoms with van der Waals surface area (Å²) in [7, 11) is 0. The summed E-state index contributed by atoms with van der Waals surface area (Å²) < 4.78 is 5.41. The number of anilines is 1. The number of amides is 3. The molecule has 2 bridgehead atoms. The van der Waals surface area contributed by atoms with Gasteiger partial charge in [-0.2, -0.15) is 0 Å². The zero-order valence-corrected chi connectivity index (χ0v) is 23.0. The number of likely N-dealkylation sites (tertiary alicyclic amines) is 1. The molecule has 3 amide bonds. The summed E-state index contributed by atoms with van der Waals surface area (Å²) in [6, 6.07) is 20.5. The minimum absolute atomic E-state index is 0.253. The lowest BCUT2D eigenvalue weighted by Gasteiger charge is -2.45. The first-order chi connectivity index (χ1) is 19.2. The Morgan fingerprint density at radius 3 is 1.75 bits per heavy atom. The summed E-state index contributed by atoms with van der Waals surface area (Å²) in [6.07, 6.45) is 0. The lowest BCUT2D eigenvalue weighted by atomic mass is 9.55. The van der Waals surface area contributed by atoms with Gasteiger partial charge >= 0.3 is 5.97 Å². The van der Waals surface area contributed by atoms with Crippen molar-refractivity contribution in [1.82, 2.24) is 4.90 Å². The molecule has 3 aromatic rings. The van der Waals surface area contributed by atoms with E-state index < -0.39 is 42.3 Å². The maximum Gasteiger partial charge on any atom is 0.330 e. The molecule has 7 heteroatoms. The molecule has 7 nitrogen and oxygen atoms in total. The van der Waals surface area contributed by atoms with Crippen LogP contribution >= 0.6 is 0 Å². The van der Waals surface area contributed by atoms with Crippen LogP contribution in [0.3, 0.4) is 0 Å². The summed E-state index contributed by atoms with van der Waals surface area (Å²) in [5.41, 5.74) is 7.02. The minimum atomic E-state index is -1.12. The molecular weight excluding hydrogens is 504 g/mol. The van der Waals surface area contributed by atoms with E-state index in [9.17, 15) is 19.2 Å². The number of aryl methyl sites for hydroxylation is 2. The van der Waals surface area contributed by atoms with Crippen molar-refractivity contribution >= 4 is 29.4 Å². The topological polar surface area (TPSA) is 92.8 Å². The van der Waals surface area contributed by atoms with Crippen molar-refractivity contribution in [3.8, 4) is 0 Å². The molecule has 3 aliphatic carbocycles. The Hall–Kier alpha value is -4.26. The molecule has 1 saturated heterocycles. The molecular formula is C33H32N2O5. The van der Waals surface area contributed by atoms with E-state index in [2.05, 4.69) is 5.32 Å². The summed E-state index contributed by atoms with van der Waals surface area (Å²) in [4.78, 5) is 55.2. The lowest BCUT2D eigenvalue weighted by Crippen LogP contribution is -2.49. The third-order valence-corrected chi connectivity index (χ3v) is 8.77. The molecule has 40 heavy (non-hydrogen) atoms. The lowest BCUT2D eigenvalue weighted by molar-refractivity contribution is -0.162. The first-order valence-electron chi connectivity index (χ1n) is 13.8. The van der Waals surface area contributed by atoms with Crippen LogP contribution < -0.4 is 5.32 Å². The number of rotatable bonds is 6. The summed E-state index contributed by atoms with van der Waals surface area (Å²) in [5.74, 6) is -4.00. The van der Waals surface area contributed by atoms with Gasteiger partial charge in [-0.1, -0.05) is 68.4 Å². The molecule has 1 heterocycles. The quantitative estimate of drug-likeness (QED) is 0.364. The van der Waals surface area contributed by atoms with E-state index >= 15 is 0 Å². The van der Waals surface area contributed by atoms with E-state index in [0.717, 1.165) is 38.3 Å².